The smallest absolute Gasteiger partial charge is 0.338 e. The number of nitrogens with one attached hydrogen (secondary N) is 1. The van der Waals surface area contributed by atoms with Crippen LogP contribution in [0.3, 0.4) is 0 Å². The molecule has 0 saturated carbocycles. The van der Waals surface area contributed by atoms with Crippen molar-refractivity contribution >= 4 is 28.9 Å². The van der Waals surface area contributed by atoms with E-state index >= 15 is 0 Å². The Balaban J connectivity index is 1.51. The van der Waals surface area contributed by atoms with Gasteiger partial charge in [0.2, 0.25) is 0 Å². The first kappa shape index (κ1) is 21.8. The second kappa shape index (κ2) is 8.96. The van der Waals surface area contributed by atoms with Crippen LogP contribution in [-0.4, -0.2) is 29.8 Å². The fraction of sp³-hybridized carbons (Fsp3) is 0.240. The van der Waals surface area contributed by atoms with E-state index in [0.717, 1.165) is 23.3 Å². The van der Waals surface area contributed by atoms with Crippen LogP contribution in [0.25, 0.3) is 10.4 Å². The molecule has 0 fully saturated rings. The first-order valence-electron chi connectivity index (χ1n) is 10.4. The van der Waals surface area contributed by atoms with Crippen molar-refractivity contribution in [1.82, 2.24) is 5.43 Å². The maximum absolute atomic E-state index is 12.5. The number of methoxy groups -OCH3 is 1. The van der Waals surface area contributed by atoms with E-state index in [4.69, 9.17) is 4.74 Å². The predicted octanol–water partition coefficient (Wildman–Crippen LogP) is 4.86. The quantitative estimate of drug-likeness (QED) is 0.332. The van der Waals surface area contributed by atoms with Crippen LogP contribution in [0.4, 0.5) is 0 Å². The summed E-state index contributed by atoms with van der Waals surface area (Å²) < 4.78 is 4.73. The Morgan fingerprint density at radius 3 is 2.62 bits per heavy atom. The lowest BCUT2D eigenvalue weighted by molar-refractivity contribution is 0.0599. The number of aromatic hydroxyl groups is 1. The number of rotatable bonds is 5. The SMILES string of the molecule is COC(=O)c1ccc(C(=O)N/N=C(\C)c2csc(-c3ccc4c(c3)CCC4)c2O)cc1C. The summed E-state index contributed by atoms with van der Waals surface area (Å²) in [6.07, 6.45) is 3.37. The standard InChI is InChI=1S/C25H24N2O4S/c1-14-11-19(9-10-20(14)25(30)31-3)24(29)27-26-15(2)21-13-32-23(22(21)28)18-8-7-16-5-4-6-17(16)12-18/h7-13,28H,4-6H2,1-3H3,(H,27,29)/b26-15+. The third-order valence-corrected chi connectivity index (χ3v) is 6.75. The van der Waals surface area contributed by atoms with Crippen molar-refractivity contribution in [2.45, 2.75) is 33.1 Å². The third-order valence-electron chi connectivity index (χ3n) is 5.73. The normalized spacial score (nSPS) is 13.0. The zero-order valence-electron chi connectivity index (χ0n) is 18.2. The molecule has 1 amide bonds. The summed E-state index contributed by atoms with van der Waals surface area (Å²) in [4.78, 5) is 25.0. The summed E-state index contributed by atoms with van der Waals surface area (Å²) in [6, 6.07) is 11.1. The summed E-state index contributed by atoms with van der Waals surface area (Å²) in [6.45, 7) is 3.47. The Kier molecular flexibility index (Phi) is 6.10. The average Bonchev–Trinajstić information content (AvgIpc) is 3.42. The van der Waals surface area contributed by atoms with Crippen molar-refractivity contribution in [2.75, 3.05) is 7.11 Å². The van der Waals surface area contributed by atoms with E-state index in [9.17, 15) is 14.7 Å². The Bertz CT molecular complexity index is 1240. The Hall–Kier alpha value is -3.45. The Morgan fingerprint density at radius 1 is 1.09 bits per heavy atom. The van der Waals surface area contributed by atoms with Gasteiger partial charge in [-0.2, -0.15) is 5.10 Å². The topological polar surface area (TPSA) is 88.0 Å². The molecule has 0 radical (unpaired) electrons. The molecule has 0 atom stereocenters. The van der Waals surface area contributed by atoms with Gasteiger partial charge < -0.3 is 9.84 Å². The van der Waals surface area contributed by atoms with Crippen LogP contribution in [-0.2, 0) is 17.6 Å². The molecular weight excluding hydrogens is 424 g/mol. The monoisotopic (exact) mass is 448 g/mol. The van der Waals surface area contributed by atoms with Crippen LogP contribution in [0.5, 0.6) is 5.75 Å². The van der Waals surface area contributed by atoms with Crippen LogP contribution in [0.1, 0.15) is 56.3 Å². The molecule has 0 spiro atoms. The number of benzene rings is 2. The van der Waals surface area contributed by atoms with E-state index < -0.39 is 11.9 Å². The van der Waals surface area contributed by atoms with Gasteiger partial charge in [0, 0.05) is 10.9 Å². The van der Waals surface area contributed by atoms with Crippen molar-refractivity contribution in [1.29, 1.82) is 0 Å². The highest BCUT2D eigenvalue weighted by atomic mass is 32.1. The van der Waals surface area contributed by atoms with Gasteiger partial charge >= 0.3 is 5.97 Å². The van der Waals surface area contributed by atoms with Gasteiger partial charge in [-0.25, -0.2) is 10.2 Å². The molecule has 7 heteroatoms. The molecule has 0 bridgehead atoms. The molecule has 0 aliphatic heterocycles. The van der Waals surface area contributed by atoms with Gasteiger partial charge in [0.15, 0.2) is 0 Å². The second-order valence-corrected chi connectivity index (χ2v) is 8.70. The number of hydrogen-bond acceptors (Lipinski definition) is 6. The number of thiophene rings is 1. The molecule has 32 heavy (non-hydrogen) atoms. The fourth-order valence-corrected chi connectivity index (χ4v) is 4.93. The van der Waals surface area contributed by atoms with Crippen molar-refractivity contribution in [2.24, 2.45) is 5.10 Å². The van der Waals surface area contributed by atoms with E-state index in [1.54, 1.807) is 32.0 Å². The maximum atomic E-state index is 12.5. The summed E-state index contributed by atoms with van der Waals surface area (Å²) in [5.74, 6) is -0.686. The molecular formula is C25H24N2O4S. The van der Waals surface area contributed by atoms with Gasteiger partial charge in [-0.05, 0) is 79.6 Å². The van der Waals surface area contributed by atoms with Crippen molar-refractivity contribution < 1.29 is 19.4 Å². The highest BCUT2D eigenvalue weighted by molar-refractivity contribution is 7.14. The number of ether oxygens (including phenoxy) is 1. The Morgan fingerprint density at radius 2 is 1.88 bits per heavy atom. The van der Waals surface area contributed by atoms with Crippen molar-refractivity contribution in [3.63, 3.8) is 0 Å². The maximum Gasteiger partial charge on any atom is 0.338 e. The number of carbonyl (C=O) groups excluding carboxylic acids is 2. The van der Waals surface area contributed by atoms with E-state index in [1.807, 2.05) is 11.4 Å². The Labute approximate surface area is 190 Å². The molecule has 1 aliphatic carbocycles. The largest absolute Gasteiger partial charge is 0.506 e. The lowest BCUT2D eigenvalue weighted by Crippen LogP contribution is -2.19. The zero-order valence-corrected chi connectivity index (χ0v) is 19.0. The first-order valence-corrected chi connectivity index (χ1v) is 11.2. The summed E-state index contributed by atoms with van der Waals surface area (Å²) in [7, 11) is 1.31. The van der Waals surface area contributed by atoms with E-state index in [-0.39, 0.29) is 5.75 Å². The number of nitrogens with zero attached hydrogens (tertiary/aromatic N) is 1. The van der Waals surface area contributed by atoms with Gasteiger partial charge in [-0.1, -0.05) is 12.1 Å². The number of amides is 1. The van der Waals surface area contributed by atoms with E-state index in [1.165, 1.54) is 36.0 Å². The molecule has 0 unspecified atom stereocenters. The summed E-state index contributed by atoms with van der Waals surface area (Å²) in [5, 5.41) is 16.8. The number of hydrazone groups is 1. The van der Waals surface area contributed by atoms with Crippen molar-refractivity contribution in [3.05, 3.63) is 75.2 Å². The van der Waals surface area contributed by atoms with E-state index in [2.05, 4.69) is 22.7 Å². The highest BCUT2D eigenvalue weighted by Crippen LogP contribution is 2.40. The van der Waals surface area contributed by atoms with Gasteiger partial charge in [0.1, 0.15) is 5.75 Å². The molecule has 1 heterocycles. The minimum absolute atomic E-state index is 0.168. The average molecular weight is 449 g/mol. The van der Waals surface area contributed by atoms with Crippen LogP contribution in [0, 0.1) is 6.92 Å². The second-order valence-electron chi connectivity index (χ2n) is 7.82. The predicted molar refractivity (Wildman–Crippen MR) is 126 cm³/mol. The number of aryl methyl sites for hydroxylation is 3. The van der Waals surface area contributed by atoms with Gasteiger partial charge in [-0.3, -0.25) is 4.79 Å². The lowest BCUT2D eigenvalue weighted by atomic mass is 10.0. The zero-order chi connectivity index (χ0) is 22.8. The molecule has 1 aromatic heterocycles. The van der Waals surface area contributed by atoms with Gasteiger partial charge in [0.25, 0.3) is 5.91 Å². The third kappa shape index (κ3) is 4.16. The molecule has 2 N–H and O–H groups in total. The molecule has 0 saturated heterocycles. The summed E-state index contributed by atoms with van der Waals surface area (Å²) >= 11 is 1.45. The van der Waals surface area contributed by atoms with Crippen molar-refractivity contribution in [3.8, 4) is 16.2 Å². The minimum Gasteiger partial charge on any atom is -0.506 e. The number of hydrogen-bond donors (Lipinski definition) is 2. The van der Waals surface area contributed by atoms with Crippen LogP contribution in [0.15, 0.2) is 46.9 Å². The van der Waals surface area contributed by atoms with Gasteiger partial charge in [-0.15, -0.1) is 11.3 Å². The molecule has 164 valence electrons. The summed E-state index contributed by atoms with van der Waals surface area (Å²) in [5.41, 5.74) is 8.77. The molecule has 6 nitrogen and oxygen atoms in total. The first-order chi connectivity index (χ1) is 15.4. The number of carbonyl (C=O) groups is 2. The number of fused-ring (bicyclic) bond motifs is 1. The van der Waals surface area contributed by atoms with Gasteiger partial charge in [0.05, 0.1) is 28.8 Å². The minimum atomic E-state index is -0.449. The van der Waals surface area contributed by atoms with E-state index in [0.29, 0.717) is 28.0 Å². The molecule has 1 aliphatic rings. The molecule has 4 rings (SSSR count). The lowest BCUT2D eigenvalue weighted by Gasteiger charge is -2.07. The highest BCUT2D eigenvalue weighted by Gasteiger charge is 2.18. The van der Waals surface area contributed by atoms with Crippen LogP contribution < -0.4 is 5.43 Å². The number of esters is 1. The molecule has 2 aromatic carbocycles. The molecule has 3 aromatic rings. The van der Waals surface area contributed by atoms with Crippen LogP contribution >= 0.6 is 11.3 Å². The fourth-order valence-electron chi connectivity index (χ4n) is 3.93. The van der Waals surface area contributed by atoms with Crippen LogP contribution in [0.2, 0.25) is 0 Å².